The predicted molar refractivity (Wildman–Crippen MR) is 132 cm³/mol. The Kier molecular flexibility index (Phi) is 7.38. The van der Waals surface area contributed by atoms with E-state index in [1.165, 1.54) is 5.69 Å². The second kappa shape index (κ2) is 10.3. The summed E-state index contributed by atoms with van der Waals surface area (Å²) in [6.07, 6.45) is 0.304. The number of thiophene rings is 1. The number of β-amino-alcohol motifs (C(OH)–C–C–N with tert-alkyl or cyclic N) is 1. The summed E-state index contributed by atoms with van der Waals surface area (Å²) in [5.74, 6) is 0.156. The van der Waals surface area contributed by atoms with Crippen molar-refractivity contribution in [1.82, 2.24) is 9.80 Å². The molecule has 2 aliphatic rings. The SMILES string of the molecule is CC(C)C(C#N)(CCC(=O)N1CC(O)C(N2CCN(c3ccccc3)CC2)C1)c1cccs1. The van der Waals surface area contributed by atoms with Crippen LogP contribution < -0.4 is 4.90 Å². The molecule has 7 heteroatoms. The zero-order valence-electron chi connectivity index (χ0n) is 19.6. The van der Waals surface area contributed by atoms with E-state index in [2.05, 4.69) is 54.0 Å². The normalized spacial score (nSPS) is 23.5. The van der Waals surface area contributed by atoms with Crippen molar-refractivity contribution in [1.29, 1.82) is 5.26 Å². The van der Waals surface area contributed by atoms with Crippen LogP contribution in [0.1, 0.15) is 31.6 Å². The van der Waals surface area contributed by atoms with Gasteiger partial charge < -0.3 is 14.9 Å². The standard InChI is InChI=1S/C26H34N4O2S/c1-20(2)26(19-27,24-9-6-16-33-24)11-10-25(32)30-17-22(23(31)18-30)29-14-12-28(13-15-29)21-7-4-3-5-8-21/h3-9,16,20,22-23,31H,10-15,17-18H2,1-2H3. The molecular weight excluding hydrogens is 432 g/mol. The highest BCUT2D eigenvalue weighted by atomic mass is 32.1. The number of benzene rings is 1. The molecule has 3 heterocycles. The Labute approximate surface area is 201 Å². The molecule has 1 N–H and O–H groups in total. The molecule has 2 aliphatic heterocycles. The number of anilines is 1. The van der Waals surface area contributed by atoms with Gasteiger partial charge in [-0.25, -0.2) is 0 Å². The largest absolute Gasteiger partial charge is 0.390 e. The minimum atomic E-state index is -0.644. The van der Waals surface area contributed by atoms with Crippen LogP contribution in [0.25, 0.3) is 0 Å². The average Bonchev–Trinajstić information content (AvgIpc) is 3.51. The van der Waals surface area contributed by atoms with Crippen LogP contribution in [0, 0.1) is 17.2 Å². The molecule has 1 amide bonds. The second-order valence-corrected chi connectivity index (χ2v) is 10.5. The lowest BCUT2D eigenvalue weighted by Crippen LogP contribution is -2.53. The zero-order chi connectivity index (χ0) is 23.4. The number of nitriles is 1. The van der Waals surface area contributed by atoms with E-state index in [0.29, 0.717) is 25.9 Å². The Bertz CT molecular complexity index is 950. The quantitative estimate of drug-likeness (QED) is 0.678. The average molecular weight is 467 g/mol. The zero-order valence-corrected chi connectivity index (χ0v) is 20.4. The number of carbonyl (C=O) groups excluding carboxylic acids is 1. The molecule has 0 aliphatic carbocycles. The second-order valence-electron chi connectivity index (χ2n) is 9.51. The van der Waals surface area contributed by atoms with Crippen LogP contribution in [0.2, 0.25) is 0 Å². The molecule has 2 saturated heterocycles. The third kappa shape index (κ3) is 4.93. The van der Waals surface area contributed by atoms with Crippen molar-refractivity contribution >= 4 is 22.9 Å². The minimum absolute atomic E-state index is 0.0185. The summed E-state index contributed by atoms with van der Waals surface area (Å²) in [6, 6.07) is 16.9. The van der Waals surface area contributed by atoms with Crippen molar-refractivity contribution in [3.8, 4) is 6.07 Å². The highest BCUT2D eigenvalue weighted by Gasteiger charge is 2.41. The van der Waals surface area contributed by atoms with E-state index < -0.39 is 11.5 Å². The summed E-state index contributed by atoms with van der Waals surface area (Å²) in [5.41, 5.74) is 0.591. The summed E-state index contributed by atoms with van der Waals surface area (Å²) < 4.78 is 0. The molecule has 4 rings (SSSR count). The molecule has 3 atom stereocenters. The van der Waals surface area contributed by atoms with Crippen molar-refractivity contribution in [3.05, 3.63) is 52.7 Å². The van der Waals surface area contributed by atoms with Gasteiger partial charge in [-0.05, 0) is 35.9 Å². The van der Waals surface area contributed by atoms with Crippen molar-refractivity contribution in [2.75, 3.05) is 44.2 Å². The Hall–Kier alpha value is -2.40. The van der Waals surface area contributed by atoms with E-state index in [0.717, 1.165) is 31.1 Å². The number of piperazine rings is 1. The first kappa shape index (κ1) is 23.7. The fourth-order valence-electron chi connectivity index (χ4n) is 5.21. The molecule has 0 saturated carbocycles. The number of carbonyl (C=O) groups is 1. The first-order valence-electron chi connectivity index (χ1n) is 11.9. The first-order chi connectivity index (χ1) is 15.9. The lowest BCUT2D eigenvalue weighted by molar-refractivity contribution is -0.131. The van der Waals surface area contributed by atoms with E-state index in [1.807, 2.05) is 23.6 Å². The number of nitrogens with zero attached hydrogens (tertiary/aromatic N) is 4. The van der Waals surface area contributed by atoms with Crippen LogP contribution >= 0.6 is 11.3 Å². The van der Waals surface area contributed by atoms with Crippen molar-refractivity contribution in [3.63, 3.8) is 0 Å². The summed E-state index contributed by atoms with van der Waals surface area (Å²) in [7, 11) is 0. The summed E-state index contributed by atoms with van der Waals surface area (Å²) in [6.45, 7) is 8.64. The van der Waals surface area contributed by atoms with Gasteiger partial charge >= 0.3 is 0 Å². The van der Waals surface area contributed by atoms with Crippen LogP contribution in [0.3, 0.4) is 0 Å². The van der Waals surface area contributed by atoms with E-state index in [9.17, 15) is 15.2 Å². The fraction of sp³-hybridized carbons (Fsp3) is 0.538. The summed E-state index contributed by atoms with van der Waals surface area (Å²) >= 11 is 1.59. The van der Waals surface area contributed by atoms with Gasteiger partial charge in [0.05, 0.1) is 23.6 Å². The number of amides is 1. The Morgan fingerprint density at radius 3 is 2.48 bits per heavy atom. The van der Waals surface area contributed by atoms with Crippen LogP contribution in [-0.4, -0.2) is 72.2 Å². The van der Waals surface area contributed by atoms with Gasteiger partial charge in [-0.1, -0.05) is 38.1 Å². The van der Waals surface area contributed by atoms with Gasteiger partial charge in [0.2, 0.25) is 5.91 Å². The number of likely N-dealkylation sites (tertiary alicyclic amines) is 1. The molecule has 0 spiro atoms. The van der Waals surface area contributed by atoms with Crippen LogP contribution in [0.15, 0.2) is 47.8 Å². The van der Waals surface area contributed by atoms with Gasteiger partial charge in [-0.2, -0.15) is 5.26 Å². The number of rotatable bonds is 7. The molecule has 0 bridgehead atoms. The highest BCUT2D eigenvalue weighted by Crippen LogP contribution is 2.39. The molecule has 176 valence electrons. The maximum Gasteiger partial charge on any atom is 0.222 e. The van der Waals surface area contributed by atoms with Gasteiger partial charge in [0.25, 0.3) is 0 Å². The van der Waals surface area contributed by atoms with E-state index in [4.69, 9.17) is 0 Å². The monoisotopic (exact) mass is 466 g/mol. The van der Waals surface area contributed by atoms with Gasteiger partial charge in [-0.15, -0.1) is 11.3 Å². The van der Waals surface area contributed by atoms with Crippen molar-refractivity contribution in [2.45, 2.75) is 44.2 Å². The van der Waals surface area contributed by atoms with Crippen LogP contribution in [0.5, 0.6) is 0 Å². The van der Waals surface area contributed by atoms with Crippen molar-refractivity contribution < 1.29 is 9.90 Å². The van der Waals surface area contributed by atoms with Gasteiger partial charge in [0, 0.05) is 56.3 Å². The predicted octanol–water partition coefficient (Wildman–Crippen LogP) is 3.34. The third-order valence-corrected chi connectivity index (χ3v) is 8.44. The van der Waals surface area contributed by atoms with Gasteiger partial charge in [0.15, 0.2) is 0 Å². The third-order valence-electron chi connectivity index (χ3n) is 7.40. The number of hydrogen-bond acceptors (Lipinski definition) is 6. The number of hydrogen-bond donors (Lipinski definition) is 1. The topological polar surface area (TPSA) is 70.8 Å². The molecule has 1 aromatic heterocycles. The molecule has 2 fully saturated rings. The summed E-state index contributed by atoms with van der Waals surface area (Å²) in [4.78, 5) is 20.6. The molecule has 3 unspecified atom stereocenters. The Morgan fingerprint density at radius 2 is 1.88 bits per heavy atom. The van der Waals surface area contributed by atoms with E-state index in [-0.39, 0.29) is 17.9 Å². The first-order valence-corrected chi connectivity index (χ1v) is 12.8. The molecule has 0 radical (unpaired) electrons. The molecule has 1 aromatic carbocycles. The van der Waals surface area contributed by atoms with Crippen LogP contribution in [0.4, 0.5) is 5.69 Å². The smallest absolute Gasteiger partial charge is 0.222 e. The number of para-hydroxylation sites is 1. The molecular formula is C26H34N4O2S. The Morgan fingerprint density at radius 1 is 1.15 bits per heavy atom. The van der Waals surface area contributed by atoms with Crippen molar-refractivity contribution in [2.24, 2.45) is 5.92 Å². The highest BCUT2D eigenvalue weighted by molar-refractivity contribution is 7.10. The van der Waals surface area contributed by atoms with Gasteiger partial charge in [0.1, 0.15) is 0 Å². The number of aliphatic hydroxyl groups excluding tert-OH is 1. The minimum Gasteiger partial charge on any atom is -0.390 e. The van der Waals surface area contributed by atoms with E-state index >= 15 is 0 Å². The maximum atomic E-state index is 13.1. The van der Waals surface area contributed by atoms with Gasteiger partial charge in [-0.3, -0.25) is 9.69 Å². The van der Waals surface area contributed by atoms with Crippen LogP contribution in [-0.2, 0) is 10.2 Å². The molecule has 6 nitrogen and oxygen atoms in total. The maximum absolute atomic E-state index is 13.1. The molecule has 33 heavy (non-hydrogen) atoms. The fourth-order valence-corrected chi connectivity index (χ4v) is 6.27. The molecule has 2 aromatic rings. The lowest BCUT2D eigenvalue weighted by atomic mass is 9.73. The van der Waals surface area contributed by atoms with E-state index in [1.54, 1.807) is 16.2 Å². The number of aliphatic hydroxyl groups is 1. The lowest BCUT2D eigenvalue weighted by Gasteiger charge is -2.39. The summed E-state index contributed by atoms with van der Waals surface area (Å²) in [5, 5.41) is 22.8. The Balaban J connectivity index is 1.33.